The SMILES string of the molecule is Cc1ccc(C)c2c1SC(=C(C#N)C#N)N2C. The number of allylic oxidation sites excluding steroid dienone is 1. The molecule has 0 radical (unpaired) electrons. The molecule has 0 spiro atoms. The van der Waals surface area contributed by atoms with E-state index in [1.807, 2.05) is 37.9 Å². The molecule has 1 aliphatic rings. The number of nitrogens with zero attached hydrogens (tertiary/aromatic N) is 3. The molecule has 0 bridgehead atoms. The lowest BCUT2D eigenvalue weighted by Gasteiger charge is -2.15. The number of hydrogen-bond acceptors (Lipinski definition) is 4. The van der Waals surface area contributed by atoms with Crippen molar-refractivity contribution in [1.29, 1.82) is 10.5 Å². The Hall–Kier alpha value is -1.91. The normalized spacial score (nSPS) is 13.0. The van der Waals surface area contributed by atoms with Crippen LogP contribution >= 0.6 is 11.8 Å². The highest BCUT2D eigenvalue weighted by Gasteiger charge is 2.28. The number of aryl methyl sites for hydroxylation is 2. The van der Waals surface area contributed by atoms with Crippen molar-refractivity contribution in [3.8, 4) is 12.1 Å². The summed E-state index contributed by atoms with van der Waals surface area (Å²) in [5.74, 6) is 0. The fraction of sp³-hybridized carbons (Fsp3) is 0.231. The number of benzene rings is 1. The summed E-state index contributed by atoms with van der Waals surface area (Å²) in [4.78, 5) is 3.08. The van der Waals surface area contributed by atoms with Crippen molar-refractivity contribution in [3.05, 3.63) is 33.9 Å². The van der Waals surface area contributed by atoms with Crippen LogP contribution in [-0.4, -0.2) is 7.05 Å². The van der Waals surface area contributed by atoms with Crippen molar-refractivity contribution in [1.82, 2.24) is 0 Å². The lowest BCUT2D eigenvalue weighted by molar-refractivity contribution is 1.13. The van der Waals surface area contributed by atoms with Gasteiger partial charge in [0.25, 0.3) is 0 Å². The Balaban J connectivity index is 2.66. The molecule has 0 atom stereocenters. The monoisotopic (exact) mass is 241 g/mol. The van der Waals surface area contributed by atoms with Gasteiger partial charge in [-0.05, 0) is 25.0 Å². The number of anilines is 1. The molecule has 0 N–H and O–H groups in total. The van der Waals surface area contributed by atoms with E-state index < -0.39 is 0 Å². The summed E-state index contributed by atoms with van der Waals surface area (Å²) in [6, 6.07) is 8.04. The van der Waals surface area contributed by atoms with Gasteiger partial charge < -0.3 is 4.90 Å². The molecule has 1 heterocycles. The van der Waals surface area contributed by atoms with E-state index in [0.717, 1.165) is 21.2 Å². The van der Waals surface area contributed by atoms with Gasteiger partial charge in [-0.3, -0.25) is 0 Å². The minimum atomic E-state index is 0.174. The second-order valence-electron chi connectivity index (χ2n) is 3.94. The maximum atomic E-state index is 8.95. The van der Waals surface area contributed by atoms with Crippen LogP contribution in [0.4, 0.5) is 5.69 Å². The first kappa shape index (κ1) is 11.6. The van der Waals surface area contributed by atoms with Crippen LogP contribution in [0.1, 0.15) is 11.1 Å². The summed E-state index contributed by atoms with van der Waals surface area (Å²) >= 11 is 1.50. The summed E-state index contributed by atoms with van der Waals surface area (Å²) in [6.07, 6.45) is 0. The zero-order valence-electron chi connectivity index (χ0n) is 9.90. The van der Waals surface area contributed by atoms with Gasteiger partial charge in [0.1, 0.15) is 17.2 Å². The first-order valence-corrected chi connectivity index (χ1v) is 5.98. The predicted octanol–water partition coefficient (Wildman–Crippen LogP) is 3.10. The summed E-state index contributed by atoms with van der Waals surface area (Å²) in [5, 5.41) is 18.6. The van der Waals surface area contributed by atoms with E-state index in [1.165, 1.54) is 17.3 Å². The first-order valence-electron chi connectivity index (χ1n) is 5.16. The van der Waals surface area contributed by atoms with Gasteiger partial charge in [-0.2, -0.15) is 10.5 Å². The van der Waals surface area contributed by atoms with Gasteiger partial charge in [0.15, 0.2) is 5.57 Å². The van der Waals surface area contributed by atoms with Gasteiger partial charge in [-0.1, -0.05) is 23.9 Å². The Morgan fingerprint density at radius 1 is 1.18 bits per heavy atom. The molecule has 17 heavy (non-hydrogen) atoms. The Bertz CT molecular complexity index is 586. The quantitative estimate of drug-likeness (QED) is 0.655. The van der Waals surface area contributed by atoms with Crippen molar-refractivity contribution in [2.75, 3.05) is 11.9 Å². The highest BCUT2D eigenvalue weighted by Crippen LogP contribution is 2.49. The van der Waals surface area contributed by atoms with E-state index in [0.29, 0.717) is 0 Å². The Labute approximate surface area is 105 Å². The fourth-order valence-corrected chi connectivity index (χ4v) is 3.16. The van der Waals surface area contributed by atoms with Crippen molar-refractivity contribution in [3.63, 3.8) is 0 Å². The molecule has 84 valence electrons. The third kappa shape index (κ3) is 1.67. The molecule has 3 nitrogen and oxygen atoms in total. The highest BCUT2D eigenvalue weighted by atomic mass is 32.2. The standard InChI is InChI=1S/C13H11N3S/c1-8-4-5-9(2)12-11(8)16(3)13(17-12)10(6-14)7-15/h4-5H,1-3H3. The summed E-state index contributed by atoms with van der Waals surface area (Å²) in [6.45, 7) is 4.08. The first-order chi connectivity index (χ1) is 8.10. The molecule has 0 unspecified atom stereocenters. The van der Waals surface area contributed by atoms with E-state index in [-0.39, 0.29) is 5.57 Å². The summed E-state index contributed by atoms with van der Waals surface area (Å²) in [5.41, 5.74) is 3.61. The van der Waals surface area contributed by atoms with Gasteiger partial charge in [-0.15, -0.1) is 0 Å². The number of thioether (sulfide) groups is 1. The minimum absolute atomic E-state index is 0.174. The van der Waals surface area contributed by atoms with E-state index in [2.05, 4.69) is 12.1 Å². The van der Waals surface area contributed by atoms with Crippen molar-refractivity contribution < 1.29 is 0 Å². The van der Waals surface area contributed by atoms with Gasteiger partial charge in [0, 0.05) is 11.9 Å². The van der Waals surface area contributed by atoms with Crippen LogP contribution in [0.3, 0.4) is 0 Å². The molecule has 4 heteroatoms. The second kappa shape index (κ2) is 4.16. The molecular formula is C13H11N3S. The molecule has 0 aromatic heterocycles. The van der Waals surface area contributed by atoms with Crippen LogP contribution in [0.25, 0.3) is 0 Å². The van der Waals surface area contributed by atoms with E-state index in [4.69, 9.17) is 10.5 Å². The molecule has 1 aromatic carbocycles. The number of hydrogen-bond donors (Lipinski definition) is 0. The minimum Gasteiger partial charge on any atom is -0.336 e. The van der Waals surface area contributed by atoms with Crippen LogP contribution in [-0.2, 0) is 0 Å². The Kier molecular flexibility index (Phi) is 2.83. The van der Waals surface area contributed by atoms with Crippen LogP contribution < -0.4 is 4.90 Å². The summed E-state index contributed by atoms with van der Waals surface area (Å²) in [7, 11) is 1.90. The van der Waals surface area contributed by atoms with E-state index in [1.54, 1.807) is 0 Å². The molecule has 0 aliphatic carbocycles. The van der Waals surface area contributed by atoms with Crippen molar-refractivity contribution >= 4 is 17.4 Å². The molecule has 1 aromatic rings. The van der Waals surface area contributed by atoms with Crippen LogP contribution in [0.15, 0.2) is 27.6 Å². The van der Waals surface area contributed by atoms with Gasteiger partial charge in [0.05, 0.1) is 5.69 Å². The van der Waals surface area contributed by atoms with Crippen LogP contribution in [0.2, 0.25) is 0 Å². The molecule has 2 rings (SSSR count). The van der Waals surface area contributed by atoms with E-state index >= 15 is 0 Å². The van der Waals surface area contributed by atoms with Crippen molar-refractivity contribution in [2.45, 2.75) is 18.7 Å². The summed E-state index contributed by atoms with van der Waals surface area (Å²) < 4.78 is 0. The molecular weight excluding hydrogens is 230 g/mol. The molecule has 0 saturated heterocycles. The lowest BCUT2D eigenvalue weighted by Crippen LogP contribution is -2.12. The zero-order valence-corrected chi connectivity index (χ0v) is 10.7. The molecule has 1 aliphatic heterocycles. The highest BCUT2D eigenvalue weighted by molar-refractivity contribution is 8.03. The smallest absolute Gasteiger partial charge is 0.160 e. The molecule has 0 fully saturated rings. The third-order valence-electron chi connectivity index (χ3n) is 2.81. The zero-order chi connectivity index (χ0) is 12.6. The van der Waals surface area contributed by atoms with Gasteiger partial charge in [-0.25, -0.2) is 0 Å². The average molecular weight is 241 g/mol. The topological polar surface area (TPSA) is 50.8 Å². The fourth-order valence-electron chi connectivity index (χ4n) is 1.92. The van der Waals surface area contributed by atoms with Crippen LogP contribution in [0.5, 0.6) is 0 Å². The number of fused-ring (bicyclic) bond motifs is 1. The molecule has 0 amide bonds. The lowest BCUT2D eigenvalue weighted by atomic mass is 10.1. The Morgan fingerprint density at radius 2 is 1.76 bits per heavy atom. The Morgan fingerprint density at radius 3 is 2.29 bits per heavy atom. The number of nitriles is 2. The van der Waals surface area contributed by atoms with Crippen molar-refractivity contribution in [2.24, 2.45) is 0 Å². The number of rotatable bonds is 0. The largest absolute Gasteiger partial charge is 0.336 e. The average Bonchev–Trinajstić information content (AvgIpc) is 2.66. The van der Waals surface area contributed by atoms with Gasteiger partial charge >= 0.3 is 0 Å². The van der Waals surface area contributed by atoms with Crippen LogP contribution in [0, 0.1) is 36.5 Å². The van der Waals surface area contributed by atoms with Gasteiger partial charge in [0.2, 0.25) is 0 Å². The maximum Gasteiger partial charge on any atom is 0.160 e. The third-order valence-corrected chi connectivity index (χ3v) is 4.20. The van der Waals surface area contributed by atoms with E-state index in [9.17, 15) is 0 Å². The predicted molar refractivity (Wildman–Crippen MR) is 68.4 cm³/mol. The molecule has 0 saturated carbocycles. The second-order valence-corrected chi connectivity index (χ2v) is 4.94. The maximum absolute atomic E-state index is 8.95.